The molecule has 130 valence electrons. The largest absolute Gasteiger partial charge is 0.315 e. The van der Waals surface area contributed by atoms with Crippen LogP contribution >= 0.6 is 11.8 Å². The molecule has 1 amide bonds. The van der Waals surface area contributed by atoms with Crippen molar-refractivity contribution in [2.24, 2.45) is 4.99 Å². The van der Waals surface area contributed by atoms with Gasteiger partial charge in [-0.25, -0.2) is 8.42 Å². The van der Waals surface area contributed by atoms with E-state index in [-0.39, 0.29) is 28.7 Å². The zero-order chi connectivity index (χ0) is 17.5. The summed E-state index contributed by atoms with van der Waals surface area (Å²) in [6.45, 7) is 5.98. The maximum Gasteiger partial charge on any atom is 0.248 e. The van der Waals surface area contributed by atoms with E-state index >= 15 is 0 Å². The predicted molar refractivity (Wildman–Crippen MR) is 99.6 cm³/mol. The third-order valence-electron chi connectivity index (χ3n) is 4.36. The van der Waals surface area contributed by atoms with Crippen LogP contribution in [0.25, 0.3) is 0 Å². The number of rotatable bonds is 3. The van der Waals surface area contributed by atoms with Gasteiger partial charge < -0.3 is 4.90 Å². The molecule has 2 aliphatic rings. The summed E-state index contributed by atoms with van der Waals surface area (Å²) in [6.07, 6.45) is 1.17. The average Bonchev–Trinajstić information content (AvgIpc) is 2.91. The van der Waals surface area contributed by atoms with Crippen molar-refractivity contribution in [3.8, 4) is 0 Å². The lowest BCUT2D eigenvalue weighted by molar-refractivity contribution is -0.117. The van der Waals surface area contributed by atoms with Gasteiger partial charge in [0, 0.05) is 17.4 Å². The van der Waals surface area contributed by atoms with E-state index < -0.39 is 9.84 Å². The van der Waals surface area contributed by atoms with Crippen molar-refractivity contribution in [2.75, 3.05) is 16.4 Å². The lowest BCUT2D eigenvalue weighted by atomic mass is 10.1. The number of carbonyl (C=O) groups excluding carboxylic acids is 1. The van der Waals surface area contributed by atoms with Crippen LogP contribution in [0.5, 0.6) is 0 Å². The molecule has 2 fully saturated rings. The Hall–Kier alpha value is -1.34. The number of hydrogen-bond acceptors (Lipinski definition) is 4. The molecule has 1 aromatic rings. The number of aliphatic imine (C=N–C) groups is 1. The van der Waals surface area contributed by atoms with Gasteiger partial charge in [0.15, 0.2) is 15.0 Å². The normalized spacial score (nSPS) is 26.8. The number of thioether (sulfide) groups is 1. The molecule has 5 nitrogen and oxygen atoms in total. The summed E-state index contributed by atoms with van der Waals surface area (Å²) in [7, 11) is -3.03. The van der Waals surface area contributed by atoms with Crippen LogP contribution in [0, 0.1) is 13.8 Å². The number of benzene rings is 1. The summed E-state index contributed by atoms with van der Waals surface area (Å²) in [5, 5.41) is 0.592. The number of aryl methyl sites for hydroxylation is 2. The van der Waals surface area contributed by atoms with Crippen molar-refractivity contribution >= 4 is 38.4 Å². The zero-order valence-corrected chi connectivity index (χ0v) is 15.8. The van der Waals surface area contributed by atoms with E-state index in [1.165, 1.54) is 11.8 Å². The molecule has 1 aromatic carbocycles. The molecule has 0 radical (unpaired) electrons. The van der Waals surface area contributed by atoms with Gasteiger partial charge in [-0.2, -0.15) is 4.99 Å². The fourth-order valence-corrected chi connectivity index (χ4v) is 7.22. The number of hydrogen-bond donors (Lipinski definition) is 0. The van der Waals surface area contributed by atoms with E-state index in [4.69, 9.17) is 0 Å². The summed E-state index contributed by atoms with van der Waals surface area (Å²) in [5.41, 5.74) is 3.16. The van der Waals surface area contributed by atoms with Gasteiger partial charge in [-0.15, -0.1) is 0 Å². The van der Waals surface area contributed by atoms with E-state index in [1.54, 1.807) is 0 Å². The van der Waals surface area contributed by atoms with Gasteiger partial charge in [-0.3, -0.25) is 4.79 Å². The fourth-order valence-electron chi connectivity index (χ4n) is 3.30. The summed E-state index contributed by atoms with van der Waals surface area (Å²) >= 11 is 1.43. The molecule has 3 rings (SSSR count). The van der Waals surface area contributed by atoms with Crippen LogP contribution in [-0.4, -0.2) is 42.3 Å². The Morgan fingerprint density at radius 2 is 2.08 bits per heavy atom. The van der Waals surface area contributed by atoms with Gasteiger partial charge >= 0.3 is 0 Å². The van der Waals surface area contributed by atoms with E-state index in [0.29, 0.717) is 11.6 Å². The number of amides is 1. The van der Waals surface area contributed by atoms with E-state index in [2.05, 4.69) is 11.1 Å². The topological polar surface area (TPSA) is 66.8 Å². The minimum Gasteiger partial charge on any atom is -0.315 e. The maximum absolute atomic E-state index is 12.0. The lowest BCUT2D eigenvalue weighted by Gasteiger charge is -2.26. The Bertz CT molecular complexity index is 802. The van der Waals surface area contributed by atoms with Crippen LogP contribution < -0.4 is 4.90 Å². The molecule has 0 bridgehead atoms. The van der Waals surface area contributed by atoms with Gasteiger partial charge in [-0.05, 0) is 31.9 Å². The fraction of sp³-hybridized carbons (Fsp3) is 0.529. The molecule has 2 aliphatic heterocycles. The molecular formula is C17H22N2O3S2. The predicted octanol–water partition coefficient (Wildman–Crippen LogP) is 2.70. The van der Waals surface area contributed by atoms with Crippen LogP contribution in [0.4, 0.5) is 5.69 Å². The smallest absolute Gasteiger partial charge is 0.248 e. The minimum atomic E-state index is -3.03. The molecule has 0 aromatic heterocycles. The van der Waals surface area contributed by atoms with Crippen molar-refractivity contribution < 1.29 is 13.2 Å². The monoisotopic (exact) mass is 366 g/mol. The van der Waals surface area contributed by atoms with Crippen molar-refractivity contribution in [1.82, 2.24) is 0 Å². The molecular weight excluding hydrogens is 344 g/mol. The number of anilines is 1. The summed E-state index contributed by atoms with van der Waals surface area (Å²) in [4.78, 5) is 18.3. The Kier molecular flexibility index (Phi) is 4.75. The lowest BCUT2D eigenvalue weighted by Crippen LogP contribution is -2.38. The van der Waals surface area contributed by atoms with Gasteiger partial charge in [0.2, 0.25) is 5.91 Å². The number of amidine groups is 1. The number of sulfone groups is 1. The first-order chi connectivity index (χ1) is 11.3. The molecule has 0 aliphatic carbocycles. The minimum absolute atomic E-state index is 0.0520. The van der Waals surface area contributed by atoms with Crippen LogP contribution in [0.15, 0.2) is 23.2 Å². The molecule has 0 saturated carbocycles. The van der Waals surface area contributed by atoms with E-state index in [9.17, 15) is 13.2 Å². The van der Waals surface area contributed by atoms with Crippen molar-refractivity contribution in [2.45, 2.75) is 44.9 Å². The highest BCUT2D eigenvalue weighted by Gasteiger charge is 2.49. The Balaban J connectivity index is 2.03. The average molecular weight is 367 g/mol. The van der Waals surface area contributed by atoms with Crippen LogP contribution in [-0.2, 0) is 14.6 Å². The van der Waals surface area contributed by atoms with Gasteiger partial charge in [0.05, 0.1) is 17.5 Å². The molecule has 7 heteroatoms. The molecule has 2 saturated heterocycles. The Labute approximate surface area is 147 Å². The van der Waals surface area contributed by atoms with Crippen LogP contribution in [0.2, 0.25) is 0 Å². The second kappa shape index (κ2) is 6.52. The second-order valence-corrected chi connectivity index (χ2v) is 9.86. The standard InChI is InChI=1S/C17H22N2O3S2/c1-4-5-16(20)18-17-19(13-7-6-11(2)8-12(13)3)14-9-24(21,22)10-15(14)23-17/h6-8,14-15H,4-5,9-10H2,1-3H3/t14-,15+/m1/s1. The van der Waals surface area contributed by atoms with Crippen molar-refractivity contribution in [3.05, 3.63) is 29.3 Å². The number of nitrogens with zero attached hydrogens (tertiary/aromatic N) is 2. The highest BCUT2D eigenvalue weighted by Crippen LogP contribution is 2.42. The third-order valence-corrected chi connectivity index (χ3v) is 7.57. The Morgan fingerprint density at radius 1 is 1.33 bits per heavy atom. The molecule has 2 atom stereocenters. The Morgan fingerprint density at radius 3 is 2.75 bits per heavy atom. The summed E-state index contributed by atoms with van der Waals surface area (Å²) in [6, 6.07) is 5.94. The van der Waals surface area contributed by atoms with Gasteiger partial charge in [-0.1, -0.05) is 36.4 Å². The highest BCUT2D eigenvalue weighted by atomic mass is 32.2. The van der Waals surface area contributed by atoms with Gasteiger partial charge in [0.25, 0.3) is 0 Å². The van der Waals surface area contributed by atoms with E-state index in [1.807, 2.05) is 37.8 Å². The van der Waals surface area contributed by atoms with Crippen molar-refractivity contribution in [3.63, 3.8) is 0 Å². The quantitative estimate of drug-likeness (QED) is 0.823. The molecule has 0 spiro atoms. The number of fused-ring (bicyclic) bond motifs is 1. The second-order valence-electron chi connectivity index (χ2n) is 6.50. The van der Waals surface area contributed by atoms with Crippen LogP contribution in [0.3, 0.4) is 0 Å². The first kappa shape index (κ1) is 17.5. The maximum atomic E-state index is 12.0. The number of carbonyl (C=O) groups is 1. The zero-order valence-electron chi connectivity index (χ0n) is 14.2. The van der Waals surface area contributed by atoms with Crippen LogP contribution in [0.1, 0.15) is 30.9 Å². The first-order valence-electron chi connectivity index (χ1n) is 8.16. The SMILES string of the molecule is CCCC(=O)N=C1S[C@H]2CS(=O)(=O)C[C@H]2N1c1ccc(C)cc1C. The molecule has 2 heterocycles. The summed E-state index contributed by atoms with van der Waals surface area (Å²) in [5.74, 6) is 0.140. The van der Waals surface area contributed by atoms with Crippen molar-refractivity contribution in [1.29, 1.82) is 0 Å². The molecule has 0 unspecified atom stereocenters. The first-order valence-corrected chi connectivity index (χ1v) is 10.9. The van der Waals surface area contributed by atoms with Gasteiger partial charge in [0.1, 0.15) is 0 Å². The molecule has 0 N–H and O–H groups in total. The molecule has 24 heavy (non-hydrogen) atoms. The summed E-state index contributed by atoms with van der Waals surface area (Å²) < 4.78 is 24.1. The third kappa shape index (κ3) is 3.37. The highest BCUT2D eigenvalue weighted by molar-refractivity contribution is 8.16. The van der Waals surface area contributed by atoms with E-state index in [0.717, 1.165) is 23.2 Å².